The lowest BCUT2D eigenvalue weighted by Gasteiger charge is -2.33. The van der Waals surface area contributed by atoms with Crippen LogP contribution < -0.4 is 5.73 Å². The van der Waals surface area contributed by atoms with Gasteiger partial charge in [0.1, 0.15) is 0 Å². The van der Waals surface area contributed by atoms with E-state index in [4.69, 9.17) is 5.73 Å². The van der Waals surface area contributed by atoms with Gasteiger partial charge >= 0.3 is 5.97 Å². The molecule has 5 atom stereocenters. The van der Waals surface area contributed by atoms with Crippen LogP contribution in [0.15, 0.2) is 42.5 Å². The molecule has 1 aromatic rings. The second-order valence-corrected chi connectivity index (χ2v) is 9.41. The number of aliphatic hydroxyl groups is 2. The molecule has 5 N–H and O–H groups in total. The number of carboxylic acid groups (broad SMARTS) is 1. The molecule has 0 saturated carbocycles. The number of hydrogen-bond donors (Lipinski definition) is 4. The largest absolute Gasteiger partial charge is 0.481 e. The molecule has 0 aliphatic heterocycles. The van der Waals surface area contributed by atoms with Gasteiger partial charge in [-0.05, 0) is 69.4 Å². The summed E-state index contributed by atoms with van der Waals surface area (Å²) in [5.41, 5.74) is 7.10. The Morgan fingerprint density at radius 3 is 2.30 bits per heavy atom. The molecule has 1 rings (SSSR count). The van der Waals surface area contributed by atoms with E-state index in [1.54, 1.807) is 6.92 Å². The van der Waals surface area contributed by atoms with Crippen LogP contribution in [0.25, 0.3) is 0 Å². The van der Waals surface area contributed by atoms with Gasteiger partial charge in [0.15, 0.2) is 0 Å². The smallest absolute Gasteiger partial charge is 0.309 e. The molecular weight excluding hydrogens is 414 g/mol. The fraction of sp³-hybridized carbons (Fsp3) is 0.679. The van der Waals surface area contributed by atoms with Crippen molar-refractivity contribution in [3.8, 4) is 0 Å². The van der Waals surface area contributed by atoms with Crippen LogP contribution in [0.2, 0.25) is 0 Å². The number of aliphatic hydroxyl groups excluding tert-OH is 2. The van der Waals surface area contributed by atoms with Gasteiger partial charge in [-0.15, -0.1) is 0 Å². The molecule has 0 radical (unpaired) electrons. The molecule has 0 saturated heterocycles. The van der Waals surface area contributed by atoms with Crippen molar-refractivity contribution in [2.75, 3.05) is 6.54 Å². The van der Waals surface area contributed by atoms with E-state index in [0.29, 0.717) is 6.54 Å². The van der Waals surface area contributed by atoms with Crippen LogP contribution >= 0.6 is 0 Å². The summed E-state index contributed by atoms with van der Waals surface area (Å²) in [6.45, 7) is 4.26. The van der Waals surface area contributed by atoms with Crippen LogP contribution in [0.4, 0.5) is 0 Å². The molecule has 0 heterocycles. The van der Waals surface area contributed by atoms with Gasteiger partial charge in [0.05, 0.1) is 18.1 Å². The standard InChI is InChI=1S/C28H47NO4/c1-3-4-8-16-25(31)17-12-6-5-11-15-24(20-21-29)26(27(22(2)30)28(32)33)19-18-23-13-9-7-10-14-23/h7,9-10,12-14,17,22,24-27,30-31H,3-6,8,11,15-16,18-21,29H2,1-2H3,(H,32,33). The van der Waals surface area contributed by atoms with Crippen LogP contribution in [0, 0.1) is 17.8 Å². The summed E-state index contributed by atoms with van der Waals surface area (Å²) in [5, 5.41) is 30.2. The van der Waals surface area contributed by atoms with Gasteiger partial charge < -0.3 is 21.1 Å². The summed E-state index contributed by atoms with van der Waals surface area (Å²) in [5.74, 6) is -1.67. The second-order valence-electron chi connectivity index (χ2n) is 9.41. The summed E-state index contributed by atoms with van der Waals surface area (Å²) < 4.78 is 0. The molecule has 0 bridgehead atoms. The average molecular weight is 462 g/mol. The maximum atomic E-state index is 12.1. The summed E-state index contributed by atoms with van der Waals surface area (Å²) in [4.78, 5) is 12.1. The van der Waals surface area contributed by atoms with Crippen LogP contribution in [0.1, 0.15) is 83.6 Å². The Morgan fingerprint density at radius 1 is 1.00 bits per heavy atom. The fourth-order valence-electron chi connectivity index (χ4n) is 4.84. The van der Waals surface area contributed by atoms with Crippen molar-refractivity contribution in [1.29, 1.82) is 0 Å². The van der Waals surface area contributed by atoms with Crippen molar-refractivity contribution in [3.63, 3.8) is 0 Å². The van der Waals surface area contributed by atoms with Gasteiger partial charge in [0.2, 0.25) is 0 Å². The highest BCUT2D eigenvalue weighted by Gasteiger charge is 2.36. The first-order valence-corrected chi connectivity index (χ1v) is 12.9. The summed E-state index contributed by atoms with van der Waals surface area (Å²) >= 11 is 0. The number of rotatable bonds is 19. The van der Waals surface area contributed by atoms with Gasteiger partial charge in [-0.2, -0.15) is 0 Å². The summed E-state index contributed by atoms with van der Waals surface area (Å²) in [6.07, 6.45) is 13.0. The predicted octanol–water partition coefficient (Wildman–Crippen LogP) is 5.34. The first kappa shape index (κ1) is 29.3. The monoisotopic (exact) mass is 461 g/mol. The van der Waals surface area contributed by atoms with Gasteiger partial charge in [0.25, 0.3) is 0 Å². The molecule has 0 aromatic heterocycles. The van der Waals surface area contributed by atoms with Gasteiger partial charge in [-0.25, -0.2) is 0 Å². The zero-order valence-corrected chi connectivity index (χ0v) is 20.7. The Kier molecular flexibility index (Phi) is 15.8. The van der Waals surface area contributed by atoms with Gasteiger partial charge in [-0.1, -0.05) is 81.5 Å². The highest BCUT2D eigenvalue weighted by molar-refractivity contribution is 5.71. The first-order valence-electron chi connectivity index (χ1n) is 12.9. The Bertz CT molecular complexity index is 647. The van der Waals surface area contributed by atoms with Crippen molar-refractivity contribution < 1.29 is 20.1 Å². The number of hydrogen-bond acceptors (Lipinski definition) is 4. The molecule has 5 unspecified atom stereocenters. The third kappa shape index (κ3) is 12.4. The maximum Gasteiger partial charge on any atom is 0.309 e. The molecule has 188 valence electrons. The number of aryl methyl sites for hydroxylation is 1. The first-order chi connectivity index (χ1) is 15.9. The van der Waals surface area contributed by atoms with Crippen molar-refractivity contribution in [1.82, 2.24) is 0 Å². The Hall–Kier alpha value is -1.69. The molecule has 0 fully saturated rings. The van der Waals surface area contributed by atoms with Crippen LogP contribution in [-0.4, -0.2) is 40.0 Å². The predicted molar refractivity (Wildman–Crippen MR) is 136 cm³/mol. The zero-order valence-electron chi connectivity index (χ0n) is 20.7. The lowest BCUT2D eigenvalue weighted by Crippen LogP contribution is -2.38. The highest BCUT2D eigenvalue weighted by atomic mass is 16.4. The van der Waals surface area contributed by atoms with E-state index >= 15 is 0 Å². The minimum Gasteiger partial charge on any atom is -0.481 e. The fourth-order valence-corrected chi connectivity index (χ4v) is 4.84. The molecule has 0 amide bonds. The number of allylic oxidation sites excluding steroid dienone is 1. The number of unbranched alkanes of at least 4 members (excludes halogenated alkanes) is 4. The molecular formula is C28H47NO4. The normalized spacial score (nSPS) is 16.4. The van der Waals surface area contributed by atoms with E-state index in [0.717, 1.165) is 70.6 Å². The van der Waals surface area contributed by atoms with Crippen molar-refractivity contribution >= 4 is 5.97 Å². The average Bonchev–Trinajstić information content (AvgIpc) is 2.78. The van der Waals surface area contributed by atoms with E-state index < -0.39 is 18.0 Å². The van der Waals surface area contributed by atoms with Crippen molar-refractivity contribution in [3.05, 3.63) is 48.0 Å². The number of benzene rings is 1. The maximum absolute atomic E-state index is 12.1. The number of aliphatic carboxylic acids is 1. The number of carboxylic acids is 1. The molecule has 5 heteroatoms. The van der Waals surface area contributed by atoms with E-state index in [9.17, 15) is 20.1 Å². The molecule has 1 aromatic carbocycles. The Balaban J connectivity index is 2.69. The van der Waals surface area contributed by atoms with Crippen LogP contribution in [-0.2, 0) is 11.2 Å². The third-order valence-corrected chi connectivity index (χ3v) is 6.68. The van der Waals surface area contributed by atoms with Gasteiger partial charge in [0, 0.05) is 0 Å². The lowest BCUT2D eigenvalue weighted by molar-refractivity contribution is -0.149. The zero-order chi connectivity index (χ0) is 24.5. The second kappa shape index (κ2) is 17.7. The number of nitrogens with two attached hydrogens (primary N) is 1. The summed E-state index contributed by atoms with van der Waals surface area (Å²) in [7, 11) is 0. The van der Waals surface area contributed by atoms with E-state index in [-0.39, 0.29) is 17.9 Å². The molecule has 5 nitrogen and oxygen atoms in total. The third-order valence-electron chi connectivity index (χ3n) is 6.68. The Labute approximate surface area is 201 Å². The minimum atomic E-state index is -0.926. The van der Waals surface area contributed by atoms with Crippen molar-refractivity contribution in [2.45, 2.75) is 96.7 Å². The van der Waals surface area contributed by atoms with Crippen molar-refractivity contribution in [2.24, 2.45) is 23.5 Å². The SMILES string of the molecule is CCCCCC(O)C=CCCCCC(CCN)C(CCc1ccccc1)C(C(=O)O)C(C)O. The lowest BCUT2D eigenvalue weighted by atomic mass is 9.72. The van der Waals surface area contributed by atoms with Crippen LogP contribution in [0.5, 0.6) is 0 Å². The topological polar surface area (TPSA) is 104 Å². The number of carbonyl (C=O) groups is 1. The minimum absolute atomic E-state index is 0.123. The quantitative estimate of drug-likeness (QED) is 0.164. The molecule has 0 aliphatic carbocycles. The summed E-state index contributed by atoms with van der Waals surface area (Å²) in [6, 6.07) is 10.1. The molecule has 0 spiro atoms. The highest BCUT2D eigenvalue weighted by Crippen LogP contribution is 2.34. The van der Waals surface area contributed by atoms with E-state index in [1.165, 1.54) is 5.56 Å². The molecule has 0 aliphatic rings. The Morgan fingerprint density at radius 2 is 1.70 bits per heavy atom. The molecule has 33 heavy (non-hydrogen) atoms. The van der Waals surface area contributed by atoms with Gasteiger partial charge in [-0.3, -0.25) is 4.79 Å². The van der Waals surface area contributed by atoms with Crippen LogP contribution in [0.3, 0.4) is 0 Å². The van der Waals surface area contributed by atoms with E-state index in [1.807, 2.05) is 24.3 Å². The van der Waals surface area contributed by atoms with E-state index in [2.05, 4.69) is 25.1 Å².